The Bertz CT molecular complexity index is 1030. The highest BCUT2D eigenvalue weighted by Gasteiger charge is 2.35. The normalized spacial score (nSPS) is 19.1. The summed E-state index contributed by atoms with van der Waals surface area (Å²) in [5.41, 5.74) is 1.53. The molecule has 3 heterocycles. The molecule has 0 atom stereocenters. The number of morpholine rings is 1. The largest absolute Gasteiger partial charge is 0.440 e. The van der Waals surface area contributed by atoms with Gasteiger partial charge in [-0.1, -0.05) is 12.1 Å². The maximum Gasteiger partial charge on any atom is 0.270 e. The molecular formula is C20H18BrN3O4S. The molecule has 2 saturated heterocycles. The van der Waals surface area contributed by atoms with E-state index in [0.29, 0.717) is 43.6 Å². The van der Waals surface area contributed by atoms with Crippen LogP contribution >= 0.6 is 28.1 Å². The van der Waals surface area contributed by atoms with E-state index in [-0.39, 0.29) is 10.7 Å². The first-order valence-corrected chi connectivity index (χ1v) is 10.2. The monoisotopic (exact) mass is 475 g/mol. The molecule has 2 fully saturated rings. The summed E-state index contributed by atoms with van der Waals surface area (Å²) in [6.07, 6.45) is 1.44. The van der Waals surface area contributed by atoms with E-state index in [1.807, 2.05) is 30.0 Å². The summed E-state index contributed by atoms with van der Waals surface area (Å²) in [4.78, 5) is 28.9. The van der Waals surface area contributed by atoms with Crippen LogP contribution in [0.1, 0.15) is 11.3 Å². The van der Waals surface area contributed by atoms with Crippen molar-refractivity contribution >= 4 is 62.7 Å². The van der Waals surface area contributed by atoms with E-state index in [9.17, 15) is 9.59 Å². The van der Waals surface area contributed by atoms with Gasteiger partial charge in [-0.25, -0.2) is 0 Å². The minimum absolute atomic E-state index is 0.0464. The topological polar surface area (TPSA) is 75.0 Å². The Balaban J connectivity index is 1.66. The second-order valence-electron chi connectivity index (χ2n) is 6.70. The highest BCUT2D eigenvalue weighted by Crippen LogP contribution is 2.32. The van der Waals surface area contributed by atoms with E-state index < -0.39 is 11.8 Å². The molecule has 0 unspecified atom stereocenters. The summed E-state index contributed by atoms with van der Waals surface area (Å²) in [5.74, 6) is -0.00195. The zero-order chi connectivity index (χ0) is 20.5. The molecule has 0 radical (unpaired) electrons. The lowest BCUT2D eigenvalue weighted by Gasteiger charge is -2.29. The summed E-state index contributed by atoms with van der Waals surface area (Å²) >= 11 is 8.72. The summed E-state index contributed by atoms with van der Waals surface area (Å²) < 4.78 is 12.0. The lowest BCUT2D eigenvalue weighted by Crippen LogP contribution is -2.54. The van der Waals surface area contributed by atoms with Gasteiger partial charge in [-0.2, -0.15) is 0 Å². The standard InChI is InChI=1S/C20H18BrN3O4S/c1-12-3-2-4-13(9-12)24-18(26)15(17(25)22-20(24)29)10-14-11-16(21)19(28-14)23-5-7-27-8-6-23/h2-4,9-11H,5-8H2,1H3,(H,22,25,29)/b15-10+. The van der Waals surface area contributed by atoms with Crippen molar-refractivity contribution in [2.24, 2.45) is 0 Å². The summed E-state index contributed by atoms with van der Waals surface area (Å²) in [5, 5.41) is 2.63. The maximum atomic E-state index is 13.1. The van der Waals surface area contributed by atoms with Crippen LogP contribution < -0.4 is 15.1 Å². The molecular weight excluding hydrogens is 458 g/mol. The van der Waals surface area contributed by atoms with E-state index >= 15 is 0 Å². The molecule has 29 heavy (non-hydrogen) atoms. The third-order valence-electron chi connectivity index (χ3n) is 4.63. The highest BCUT2D eigenvalue weighted by molar-refractivity contribution is 9.10. The van der Waals surface area contributed by atoms with Crippen LogP contribution in [0.3, 0.4) is 0 Å². The zero-order valence-corrected chi connectivity index (χ0v) is 18.0. The smallest absolute Gasteiger partial charge is 0.270 e. The van der Waals surface area contributed by atoms with Crippen LogP contribution in [0.4, 0.5) is 11.6 Å². The van der Waals surface area contributed by atoms with Gasteiger partial charge in [-0.05, 0) is 58.8 Å². The van der Waals surface area contributed by atoms with Gasteiger partial charge in [0, 0.05) is 19.2 Å². The fourth-order valence-corrected chi connectivity index (χ4v) is 4.07. The number of anilines is 2. The maximum absolute atomic E-state index is 13.1. The van der Waals surface area contributed by atoms with Crippen LogP contribution in [-0.2, 0) is 14.3 Å². The molecule has 4 rings (SSSR count). The van der Waals surface area contributed by atoms with Crippen molar-refractivity contribution in [2.75, 3.05) is 36.1 Å². The molecule has 9 heteroatoms. The van der Waals surface area contributed by atoms with Gasteiger partial charge in [-0.15, -0.1) is 0 Å². The quantitative estimate of drug-likeness (QED) is 0.417. The van der Waals surface area contributed by atoms with Crippen molar-refractivity contribution in [3.05, 3.63) is 51.7 Å². The minimum atomic E-state index is -0.552. The molecule has 0 aliphatic carbocycles. The van der Waals surface area contributed by atoms with E-state index in [1.165, 1.54) is 11.0 Å². The first-order chi connectivity index (χ1) is 13.9. The van der Waals surface area contributed by atoms with Crippen molar-refractivity contribution in [3.8, 4) is 0 Å². The SMILES string of the molecule is Cc1cccc(N2C(=O)/C(=C/c3cc(Br)c(N4CCOCC4)o3)C(=O)NC2=S)c1. The molecule has 0 saturated carbocycles. The Hall–Kier alpha value is -2.49. The summed E-state index contributed by atoms with van der Waals surface area (Å²) in [7, 11) is 0. The highest BCUT2D eigenvalue weighted by atomic mass is 79.9. The number of ether oxygens (including phenoxy) is 1. The van der Waals surface area contributed by atoms with Crippen molar-refractivity contribution < 1.29 is 18.7 Å². The number of rotatable bonds is 3. The predicted molar refractivity (Wildman–Crippen MR) is 117 cm³/mol. The van der Waals surface area contributed by atoms with E-state index in [4.69, 9.17) is 21.4 Å². The fourth-order valence-electron chi connectivity index (χ4n) is 3.23. The van der Waals surface area contributed by atoms with Gasteiger partial charge in [-0.3, -0.25) is 19.8 Å². The number of thiocarbonyl (C=S) groups is 1. The van der Waals surface area contributed by atoms with Gasteiger partial charge in [0.15, 0.2) is 5.11 Å². The number of hydrogen-bond donors (Lipinski definition) is 1. The number of hydrogen-bond acceptors (Lipinski definition) is 6. The number of amides is 2. The first kappa shape index (κ1) is 19.8. The van der Waals surface area contributed by atoms with Crippen molar-refractivity contribution in [1.29, 1.82) is 0 Å². The van der Waals surface area contributed by atoms with Gasteiger partial charge < -0.3 is 14.1 Å². The Morgan fingerprint density at radius 1 is 1.21 bits per heavy atom. The molecule has 0 spiro atoms. The van der Waals surface area contributed by atoms with E-state index in [0.717, 1.165) is 10.0 Å². The van der Waals surface area contributed by atoms with Crippen LogP contribution in [0.2, 0.25) is 0 Å². The zero-order valence-electron chi connectivity index (χ0n) is 15.6. The number of nitrogens with zero attached hydrogens (tertiary/aromatic N) is 2. The van der Waals surface area contributed by atoms with E-state index in [1.54, 1.807) is 12.1 Å². The summed E-state index contributed by atoms with van der Waals surface area (Å²) in [6.45, 7) is 4.57. The third-order valence-corrected chi connectivity index (χ3v) is 5.49. The van der Waals surface area contributed by atoms with E-state index in [2.05, 4.69) is 21.2 Å². The second-order valence-corrected chi connectivity index (χ2v) is 7.94. The number of aryl methyl sites for hydroxylation is 1. The molecule has 0 bridgehead atoms. The van der Waals surface area contributed by atoms with Gasteiger partial charge in [0.1, 0.15) is 11.3 Å². The van der Waals surface area contributed by atoms with Gasteiger partial charge in [0.05, 0.1) is 23.4 Å². The Kier molecular flexibility index (Phi) is 5.53. The Morgan fingerprint density at radius 3 is 2.69 bits per heavy atom. The average Bonchev–Trinajstić information content (AvgIpc) is 3.06. The van der Waals surface area contributed by atoms with Crippen LogP contribution in [0.25, 0.3) is 6.08 Å². The number of carbonyl (C=O) groups is 2. The van der Waals surface area contributed by atoms with Crippen molar-refractivity contribution in [1.82, 2.24) is 5.32 Å². The van der Waals surface area contributed by atoms with Gasteiger partial charge >= 0.3 is 0 Å². The summed E-state index contributed by atoms with van der Waals surface area (Å²) in [6, 6.07) is 9.09. The lowest BCUT2D eigenvalue weighted by atomic mass is 10.1. The number of carbonyl (C=O) groups excluding carboxylic acids is 2. The molecule has 2 aromatic rings. The van der Waals surface area contributed by atoms with Crippen LogP contribution in [0.5, 0.6) is 0 Å². The Labute approximate surface area is 181 Å². The first-order valence-electron chi connectivity index (χ1n) is 9.04. The molecule has 2 aliphatic rings. The molecule has 2 aliphatic heterocycles. The Morgan fingerprint density at radius 2 is 1.97 bits per heavy atom. The van der Waals surface area contributed by atoms with Gasteiger partial charge in [0.25, 0.3) is 11.8 Å². The number of halogens is 1. The van der Waals surface area contributed by atoms with Crippen LogP contribution in [0, 0.1) is 6.92 Å². The average molecular weight is 476 g/mol. The van der Waals surface area contributed by atoms with Crippen molar-refractivity contribution in [2.45, 2.75) is 6.92 Å². The number of nitrogens with one attached hydrogen (secondary N) is 1. The molecule has 150 valence electrons. The minimum Gasteiger partial charge on any atom is -0.440 e. The fraction of sp³-hybridized carbons (Fsp3) is 0.250. The van der Waals surface area contributed by atoms with Crippen LogP contribution in [0.15, 0.2) is 44.8 Å². The second kappa shape index (κ2) is 8.10. The molecule has 1 aromatic heterocycles. The van der Waals surface area contributed by atoms with Gasteiger partial charge in [0.2, 0.25) is 5.88 Å². The number of furan rings is 1. The third kappa shape index (κ3) is 3.98. The lowest BCUT2D eigenvalue weighted by molar-refractivity contribution is -0.122. The molecule has 2 amide bonds. The van der Waals surface area contributed by atoms with Crippen molar-refractivity contribution in [3.63, 3.8) is 0 Å². The molecule has 7 nitrogen and oxygen atoms in total. The number of benzene rings is 1. The molecule has 1 aromatic carbocycles. The molecule has 1 N–H and O–H groups in total. The predicted octanol–water partition coefficient (Wildman–Crippen LogP) is 3.02. The van der Waals surface area contributed by atoms with Crippen LogP contribution in [-0.4, -0.2) is 43.2 Å².